The number of benzene rings is 17. The number of nitrogens with zero attached hydrogens (tertiary/aromatic N) is 9. The molecule has 135 heavy (non-hydrogen) atoms. The van der Waals surface area contributed by atoms with Crippen LogP contribution in [0.2, 0.25) is 0 Å². The minimum absolute atomic E-state index is 0.683. The van der Waals surface area contributed by atoms with Crippen molar-refractivity contribution in [3.05, 3.63) is 435 Å². The number of aromatic nitrogens is 9. The quantitative estimate of drug-likeness (QED) is 0.168. The van der Waals surface area contributed by atoms with Gasteiger partial charge in [0.1, 0.15) is 16.7 Å². The minimum Gasteiger partial charge on any atom is -0.456 e. The van der Waals surface area contributed by atoms with Gasteiger partial charge < -0.3 is 45.1 Å². The van der Waals surface area contributed by atoms with E-state index in [-0.39, 0.29) is 0 Å². The topological polar surface area (TPSA) is 121 Å². The summed E-state index contributed by atoms with van der Waals surface area (Å²) in [7, 11) is 2.14. The molecule has 0 spiro atoms. The smallest absolute Gasteiger partial charge is 0.227 e. The van der Waals surface area contributed by atoms with Gasteiger partial charge in [0.25, 0.3) is 0 Å². The van der Waals surface area contributed by atoms with Crippen molar-refractivity contribution in [3.8, 4) is 28.4 Å². The Kier molecular flexibility index (Phi) is 18.1. The highest BCUT2D eigenvalue weighted by molar-refractivity contribution is 6.18. The van der Waals surface area contributed by atoms with Crippen molar-refractivity contribution in [3.63, 3.8) is 0 Å². The molecule has 0 radical (unpaired) electrons. The highest BCUT2D eigenvalue weighted by Crippen LogP contribution is 2.45. The Morgan fingerprint density at radius 2 is 0.526 bits per heavy atom. The van der Waals surface area contributed by atoms with E-state index in [0.29, 0.717) is 11.4 Å². The van der Waals surface area contributed by atoms with Gasteiger partial charge in [-0.3, -0.25) is 4.98 Å². The molecule has 13 aromatic heterocycles. The first-order valence-corrected chi connectivity index (χ1v) is 45.7. The highest BCUT2D eigenvalue weighted by atomic mass is 16.3. The van der Waals surface area contributed by atoms with Crippen LogP contribution in [0.4, 0.5) is 0 Å². The molecule has 0 N–H and O–H groups in total. The number of hydrogen-bond donors (Lipinski definition) is 0. The van der Waals surface area contributed by atoms with Crippen LogP contribution >= 0.6 is 0 Å². The third-order valence-electron chi connectivity index (χ3n) is 27.1. The maximum absolute atomic E-state index is 6.28. The Labute approximate surface area is 772 Å². The van der Waals surface area contributed by atoms with Crippen molar-refractivity contribution in [2.45, 2.75) is 27.7 Å². The number of rotatable bonds is 5. The molecule has 0 saturated heterocycles. The van der Waals surface area contributed by atoms with E-state index >= 15 is 0 Å². The average Bonchev–Trinajstić information content (AvgIpc) is 1.58. The summed E-state index contributed by atoms with van der Waals surface area (Å²) in [4.78, 5) is 13.2. The van der Waals surface area contributed by atoms with Crippen molar-refractivity contribution in [2.24, 2.45) is 7.05 Å². The van der Waals surface area contributed by atoms with E-state index in [0.717, 1.165) is 111 Å². The fourth-order valence-electron chi connectivity index (χ4n) is 21.1. The molecule has 30 aromatic rings. The van der Waals surface area contributed by atoms with Crippen LogP contribution in [0, 0.1) is 27.7 Å². The number of para-hydroxylation sites is 12. The Hall–Kier alpha value is -17.8. The van der Waals surface area contributed by atoms with E-state index in [1.54, 1.807) is 6.20 Å². The Morgan fingerprint density at radius 1 is 0.193 bits per heavy atom. The SMILES string of the molecule is Cc1cc2c(cn1)oc1c(-n3c4ccccc4c4ccccc43)cccc12.Cc1ccc2c(c1)c1ccccc1n2-c1ccc2oc3ccccc3c2c1.Cc1ccc2c(c1)c1ccccc1n2-c1ccc2oc3ncccc3c2c1.Cc1cnc2oc3c(-n4c5ccccc5c5ccccc54)cccc3c2c1.Cn1c2ccccc2c2cc(-n3c4ccccc4c4ccccc43)ccc21. The van der Waals surface area contributed by atoms with Crippen LogP contribution in [0.1, 0.15) is 22.4 Å². The molecule has 17 aromatic carbocycles. The summed E-state index contributed by atoms with van der Waals surface area (Å²) in [6, 6.07) is 139. The molecule has 640 valence electrons. The third kappa shape index (κ3) is 12.6. The molecular formula is C122H83N9O4. The van der Waals surface area contributed by atoms with Crippen molar-refractivity contribution >= 4 is 219 Å². The molecule has 0 fully saturated rings. The van der Waals surface area contributed by atoms with Crippen LogP contribution in [0.5, 0.6) is 0 Å². The fourth-order valence-corrected chi connectivity index (χ4v) is 21.1. The van der Waals surface area contributed by atoms with Crippen LogP contribution in [0.15, 0.2) is 431 Å². The molecule has 30 rings (SSSR count). The first-order chi connectivity index (χ1) is 66.5. The summed E-state index contributed by atoms with van der Waals surface area (Å²) in [5.74, 6) is 0. The molecule has 13 heterocycles. The second-order valence-corrected chi connectivity index (χ2v) is 35.2. The number of furan rings is 4. The van der Waals surface area contributed by atoms with Crippen LogP contribution in [0.3, 0.4) is 0 Å². The summed E-state index contributed by atoms with van der Waals surface area (Å²) < 4.78 is 38.3. The zero-order chi connectivity index (χ0) is 89.8. The number of aryl methyl sites for hydroxylation is 5. The first kappa shape index (κ1) is 78.3. The van der Waals surface area contributed by atoms with Gasteiger partial charge in [-0.25, -0.2) is 9.97 Å². The highest BCUT2D eigenvalue weighted by Gasteiger charge is 2.24. The molecule has 0 aliphatic rings. The Balaban J connectivity index is 0.0000000878. The second-order valence-electron chi connectivity index (χ2n) is 35.2. The van der Waals surface area contributed by atoms with Crippen molar-refractivity contribution in [1.82, 2.24) is 42.4 Å². The first-order valence-electron chi connectivity index (χ1n) is 45.7. The molecule has 0 bridgehead atoms. The number of hydrogen-bond acceptors (Lipinski definition) is 7. The zero-order valence-electron chi connectivity index (χ0n) is 74.4. The third-order valence-corrected chi connectivity index (χ3v) is 27.1. The molecule has 0 aliphatic heterocycles. The number of fused-ring (bicyclic) bond motifs is 30. The summed E-state index contributed by atoms with van der Waals surface area (Å²) in [5, 5.41) is 24.2. The number of pyridine rings is 3. The van der Waals surface area contributed by atoms with Crippen LogP contribution in [0.25, 0.3) is 247 Å². The normalized spacial score (nSPS) is 11.9. The lowest BCUT2D eigenvalue weighted by Crippen LogP contribution is -1.94. The van der Waals surface area contributed by atoms with Gasteiger partial charge in [-0.2, -0.15) is 0 Å². The van der Waals surface area contributed by atoms with Crippen molar-refractivity contribution in [2.75, 3.05) is 0 Å². The summed E-state index contributed by atoms with van der Waals surface area (Å²) in [5.41, 5.74) is 31.6. The Morgan fingerprint density at radius 3 is 1.03 bits per heavy atom. The summed E-state index contributed by atoms with van der Waals surface area (Å²) in [6.45, 7) is 8.36. The van der Waals surface area contributed by atoms with Crippen molar-refractivity contribution < 1.29 is 17.7 Å². The van der Waals surface area contributed by atoms with E-state index < -0.39 is 0 Å². The lowest BCUT2D eigenvalue weighted by molar-refractivity contribution is 0.651. The standard InChI is InChI=1S/C25H18N2.C25H17NO.3C24H16N2O/c1-26-22-11-5-2-10-20(22)21-16-17(14-15-23(21)26)27-24-12-6-3-8-18(24)19-9-4-7-13-25(19)27;1-16-10-12-23-20(14-16)18-6-2-4-8-22(18)26(23)17-11-13-25-21(15-17)19-7-3-5-9-24(19)27-25;1-15-13-19-18-9-6-12-22(24(18)27-23(19)14-25-15)26-20-10-4-2-7-16(20)17-8-3-5-11-21(17)26;1-15-13-19-18-9-6-12-22(23(18)27-24(19)25-14-15)26-20-10-4-2-7-16(20)17-8-3-5-11-21(17)26;1-15-8-10-22-19(13-15)17-5-2-3-7-21(17)26(22)16-9-11-23-20(14-16)18-6-4-12-25-24(18)27-23/h2-16H,1H3;2-15H,1H3;3*2-14H,1H3. The van der Waals surface area contributed by atoms with E-state index in [2.05, 4.69) is 440 Å². The maximum Gasteiger partial charge on any atom is 0.227 e. The fraction of sp³-hybridized carbons (Fsp3) is 0.0410. The van der Waals surface area contributed by atoms with Crippen molar-refractivity contribution in [1.29, 1.82) is 0 Å². The molecule has 0 amide bonds. The molecule has 0 aliphatic carbocycles. The van der Waals surface area contributed by atoms with Crippen LogP contribution < -0.4 is 0 Å². The van der Waals surface area contributed by atoms with Gasteiger partial charge >= 0.3 is 0 Å². The molecule has 0 unspecified atom stereocenters. The van der Waals surface area contributed by atoms with E-state index in [9.17, 15) is 0 Å². The molecule has 13 heteroatoms. The van der Waals surface area contributed by atoms with Gasteiger partial charge in [0.05, 0.1) is 72.7 Å². The second kappa shape index (κ2) is 31.2. The van der Waals surface area contributed by atoms with Gasteiger partial charge in [-0.1, -0.05) is 230 Å². The van der Waals surface area contributed by atoms with Gasteiger partial charge in [0.2, 0.25) is 11.4 Å². The van der Waals surface area contributed by atoms with Gasteiger partial charge in [0, 0.05) is 161 Å². The molecule has 0 saturated carbocycles. The predicted molar refractivity (Wildman–Crippen MR) is 559 cm³/mol. The lowest BCUT2D eigenvalue weighted by Gasteiger charge is -2.08. The van der Waals surface area contributed by atoms with E-state index in [4.69, 9.17) is 17.7 Å². The minimum atomic E-state index is 0.683. The zero-order valence-corrected chi connectivity index (χ0v) is 74.4. The summed E-state index contributed by atoms with van der Waals surface area (Å²) in [6.07, 6.45) is 5.44. The predicted octanol–water partition coefficient (Wildman–Crippen LogP) is 32.6. The largest absolute Gasteiger partial charge is 0.456 e. The van der Waals surface area contributed by atoms with Gasteiger partial charge in [0.15, 0.2) is 16.7 Å². The lowest BCUT2D eigenvalue weighted by atomic mass is 10.1. The molecule has 0 atom stereocenters. The Bertz CT molecular complexity index is 9470. The average molecular weight is 1740 g/mol. The monoisotopic (exact) mass is 1740 g/mol. The van der Waals surface area contributed by atoms with Gasteiger partial charge in [-0.05, 0) is 209 Å². The van der Waals surface area contributed by atoms with Crippen LogP contribution in [-0.2, 0) is 7.05 Å². The molecular weight excluding hydrogens is 1660 g/mol. The van der Waals surface area contributed by atoms with Gasteiger partial charge in [-0.15, -0.1) is 0 Å². The summed E-state index contributed by atoms with van der Waals surface area (Å²) >= 11 is 0. The van der Waals surface area contributed by atoms with Crippen LogP contribution in [-0.4, -0.2) is 42.4 Å². The van der Waals surface area contributed by atoms with E-state index in [1.807, 2.05) is 43.6 Å². The maximum atomic E-state index is 6.28. The molecule has 13 nitrogen and oxygen atoms in total. The van der Waals surface area contributed by atoms with E-state index in [1.165, 1.54) is 148 Å².